The van der Waals surface area contributed by atoms with Gasteiger partial charge in [-0.25, -0.2) is 9.18 Å². The molecule has 0 bridgehead atoms. The maximum Gasteiger partial charge on any atom is 0.347 e. The standard InChI is InChI=1S/C22H21FN2O/c1-13-11-15(20-9-10-25(3)22(26)24-20)12-14(2)21(13)18-7-8-19(23)17-6-4-5-16(17)18/h7-12H,4-6H2,1-3H3. The van der Waals surface area contributed by atoms with Crippen LogP contribution in [0.2, 0.25) is 0 Å². The second-order valence-electron chi connectivity index (χ2n) is 7.10. The third kappa shape index (κ3) is 2.66. The van der Waals surface area contributed by atoms with Crippen LogP contribution in [0.3, 0.4) is 0 Å². The van der Waals surface area contributed by atoms with E-state index < -0.39 is 0 Å². The van der Waals surface area contributed by atoms with Gasteiger partial charge in [0.1, 0.15) is 5.82 Å². The van der Waals surface area contributed by atoms with Crippen molar-refractivity contribution in [2.24, 2.45) is 7.05 Å². The number of benzene rings is 2. The smallest absolute Gasteiger partial charge is 0.302 e. The Morgan fingerprint density at radius 1 is 1.04 bits per heavy atom. The van der Waals surface area contributed by atoms with E-state index in [2.05, 4.69) is 31.0 Å². The summed E-state index contributed by atoms with van der Waals surface area (Å²) in [6.45, 7) is 4.13. The molecule has 0 radical (unpaired) electrons. The number of rotatable bonds is 2. The third-order valence-corrected chi connectivity index (χ3v) is 5.30. The van der Waals surface area contributed by atoms with Crippen molar-refractivity contribution in [1.29, 1.82) is 0 Å². The highest BCUT2D eigenvalue weighted by molar-refractivity contribution is 5.78. The van der Waals surface area contributed by atoms with Crippen LogP contribution in [-0.4, -0.2) is 9.55 Å². The van der Waals surface area contributed by atoms with Crippen LogP contribution >= 0.6 is 0 Å². The van der Waals surface area contributed by atoms with E-state index in [1.54, 1.807) is 19.3 Å². The van der Waals surface area contributed by atoms with Crippen molar-refractivity contribution in [3.63, 3.8) is 0 Å². The van der Waals surface area contributed by atoms with Crippen LogP contribution in [0.25, 0.3) is 22.4 Å². The number of hydrogen-bond donors (Lipinski definition) is 0. The molecule has 0 amide bonds. The molecule has 4 heteroatoms. The Bertz CT molecular complexity index is 1060. The predicted octanol–water partition coefficient (Wildman–Crippen LogP) is 4.36. The van der Waals surface area contributed by atoms with E-state index >= 15 is 0 Å². The number of aryl methyl sites for hydroxylation is 3. The summed E-state index contributed by atoms with van der Waals surface area (Å²) in [6, 6.07) is 9.48. The van der Waals surface area contributed by atoms with Crippen molar-refractivity contribution in [3.05, 3.63) is 75.1 Å². The summed E-state index contributed by atoms with van der Waals surface area (Å²) in [7, 11) is 1.69. The summed E-state index contributed by atoms with van der Waals surface area (Å²) in [4.78, 5) is 16.0. The van der Waals surface area contributed by atoms with Crippen LogP contribution in [0.4, 0.5) is 4.39 Å². The van der Waals surface area contributed by atoms with Gasteiger partial charge in [0.2, 0.25) is 0 Å². The van der Waals surface area contributed by atoms with Gasteiger partial charge in [0.15, 0.2) is 0 Å². The number of halogens is 1. The lowest BCUT2D eigenvalue weighted by atomic mass is 9.89. The van der Waals surface area contributed by atoms with Crippen LogP contribution in [0.1, 0.15) is 28.7 Å². The van der Waals surface area contributed by atoms with Gasteiger partial charge in [-0.2, -0.15) is 4.98 Å². The first-order valence-electron chi connectivity index (χ1n) is 8.91. The van der Waals surface area contributed by atoms with Gasteiger partial charge in [-0.05, 0) is 90.8 Å². The molecular weight excluding hydrogens is 327 g/mol. The number of fused-ring (bicyclic) bond motifs is 1. The Hall–Kier alpha value is -2.75. The van der Waals surface area contributed by atoms with Crippen LogP contribution in [0.5, 0.6) is 0 Å². The molecule has 0 N–H and O–H groups in total. The van der Waals surface area contributed by atoms with Gasteiger partial charge in [-0.1, -0.05) is 6.07 Å². The molecule has 0 saturated carbocycles. The lowest BCUT2D eigenvalue weighted by Gasteiger charge is -2.16. The summed E-state index contributed by atoms with van der Waals surface area (Å²) in [5.74, 6) is -0.0856. The normalized spacial score (nSPS) is 13.1. The fourth-order valence-corrected chi connectivity index (χ4v) is 4.06. The van der Waals surface area contributed by atoms with Gasteiger partial charge in [0.05, 0.1) is 5.69 Å². The minimum absolute atomic E-state index is 0.0856. The van der Waals surface area contributed by atoms with Crippen molar-refractivity contribution in [1.82, 2.24) is 9.55 Å². The third-order valence-electron chi connectivity index (χ3n) is 5.30. The summed E-state index contributed by atoms with van der Waals surface area (Å²) >= 11 is 0. The Labute approximate surface area is 152 Å². The molecule has 0 atom stereocenters. The van der Waals surface area contributed by atoms with Crippen molar-refractivity contribution >= 4 is 0 Å². The number of hydrogen-bond acceptors (Lipinski definition) is 2. The SMILES string of the molecule is Cc1cc(-c2ccn(C)c(=O)n2)cc(C)c1-c1ccc(F)c2c1CCC2. The van der Waals surface area contributed by atoms with E-state index in [0.29, 0.717) is 5.69 Å². The predicted molar refractivity (Wildman–Crippen MR) is 102 cm³/mol. The van der Waals surface area contributed by atoms with E-state index in [1.807, 2.05) is 12.1 Å². The lowest BCUT2D eigenvalue weighted by Crippen LogP contribution is -2.19. The molecule has 0 spiro atoms. The van der Waals surface area contributed by atoms with E-state index in [-0.39, 0.29) is 11.5 Å². The quantitative estimate of drug-likeness (QED) is 0.690. The fraction of sp³-hybridized carbons (Fsp3) is 0.273. The number of aromatic nitrogens is 2. The minimum Gasteiger partial charge on any atom is -0.302 e. The summed E-state index contributed by atoms with van der Waals surface area (Å²) < 4.78 is 15.6. The van der Waals surface area contributed by atoms with E-state index in [9.17, 15) is 9.18 Å². The van der Waals surface area contributed by atoms with Gasteiger partial charge in [0, 0.05) is 18.8 Å². The molecule has 1 aromatic heterocycles. The van der Waals surface area contributed by atoms with Gasteiger partial charge in [-0.15, -0.1) is 0 Å². The first kappa shape index (κ1) is 16.7. The van der Waals surface area contributed by atoms with Gasteiger partial charge < -0.3 is 4.57 Å². The first-order valence-corrected chi connectivity index (χ1v) is 8.91. The lowest BCUT2D eigenvalue weighted by molar-refractivity contribution is 0.613. The van der Waals surface area contributed by atoms with Crippen LogP contribution in [0, 0.1) is 19.7 Å². The van der Waals surface area contributed by atoms with E-state index in [0.717, 1.165) is 58.2 Å². The summed E-state index contributed by atoms with van der Waals surface area (Å²) in [5.41, 5.74) is 7.89. The van der Waals surface area contributed by atoms with Crippen molar-refractivity contribution in [2.45, 2.75) is 33.1 Å². The van der Waals surface area contributed by atoms with Gasteiger partial charge >= 0.3 is 5.69 Å². The molecule has 0 aliphatic heterocycles. The van der Waals surface area contributed by atoms with Crippen LogP contribution in [0.15, 0.2) is 41.3 Å². The maximum absolute atomic E-state index is 14.1. The molecule has 1 aliphatic rings. The molecule has 3 nitrogen and oxygen atoms in total. The molecule has 0 unspecified atom stereocenters. The Kier molecular flexibility index (Phi) is 3.98. The molecule has 3 aromatic rings. The van der Waals surface area contributed by atoms with E-state index in [1.165, 1.54) is 4.57 Å². The summed E-state index contributed by atoms with van der Waals surface area (Å²) in [6.07, 6.45) is 4.49. The Morgan fingerprint density at radius 3 is 2.42 bits per heavy atom. The zero-order valence-electron chi connectivity index (χ0n) is 15.3. The number of nitrogens with zero attached hydrogens (tertiary/aromatic N) is 2. The molecule has 4 rings (SSSR count). The van der Waals surface area contributed by atoms with Crippen LogP contribution < -0.4 is 5.69 Å². The Balaban J connectivity index is 1.87. The van der Waals surface area contributed by atoms with Gasteiger partial charge in [0.25, 0.3) is 0 Å². The molecule has 0 saturated heterocycles. The zero-order valence-corrected chi connectivity index (χ0v) is 15.3. The molecule has 1 heterocycles. The average molecular weight is 348 g/mol. The van der Waals surface area contributed by atoms with Crippen molar-refractivity contribution in [2.75, 3.05) is 0 Å². The minimum atomic E-state index is -0.266. The highest BCUT2D eigenvalue weighted by atomic mass is 19.1. The molecular formula is C22H21FN2O. The highest BCUT2D eigenvalue weighted by Crippen LogP contribution is 2.38. The first-order chi connectivity index (χ1) is 12.5. The fourth-order valence-electron chi connectivity index (χ4n) is 4.06. The molecule has 132 valence electrons. The molecule has 2 aromatic carbocycles. The maximum atomic E-state index is 14.1. The van der Waals surface area contributed by atoms with Crippen molar-refractivity contribution < 1.29 is 4.39 Å². The van der Waals surface area contributed by atoms with Crippen LogP contribution in [-0.2, 0) is 19.9 Å². The summed E-state index contributed by atoms with van der Waals surface area (Å²) in [5, 5.41) is 0. The second kappa shape index (κ2) is 6.20. The monoisotopic (exact) mass is 348 g/mol. The zero-order chi connectivity index (χ0) is 18.4. The molecule has 0 fully saturated rings. The highest BCUT2D eigenvalue weighted by Gasteiger charge is 2.21. The molecule has 1 aliphatic carbocycles. The molecule has 26 heavy (non-hydrogen) atoms. The van der Waals surface area contributed by atoms with Crippen molar-refractivity contribution in [3.8, 4) is 22.4 Å². The van der Waals surface area contributed by atoms with E-state index in [4.69, 9.17) is 0 Å². The Morgan fingerprint density at radius 2 is 1.73 bits per heavy atom. The largest absolute Gasteiger partial charge is 0.347 e. The topological polar surface area (TPSA) is 34.9 Å². The second-order valence-corrected chi connectivity index (χ2v) is 7.10. The van der Waals surface area contributed by atoms with Gasteiger partial charge in [-0.3, -0.25) is 0 Å². The average Bonchev–Trinajstić information content (AvgIpc) is 3.09.